The van der Waals surface area contributed by atoms with Crippen LogP contribution in [0, 0.1) is 0 Å². The smallest absolute Gasteiger partial charge is 0.344 e. The molecule has 1 aromatic heterocycles. The SMILES string of the molecule is CCOC(=O)COc1ccc(/C=c2/sc3n(c2=O)[C@H](c2cccc(OC)c2OCC)C(C(=O)OCC)=C(C)N=3)cc1OC. The van der Waals surface area contributed by atoms with E-state index < -0.39 is 18.0 Å². The van der Waals surface area contributed by atoms with E-state index in [1.807, 2.05) is 6.92 Å². The Labute approximate surface area is 252 Å². The number of thiazole rings is 1. The highest BCUT2D eigenvalue weighted by Gasteiger charge is 2.36. The molecule has 2 heterocycles. The van der Waals surface area contributed by atoms with Crippen molar-refractivity contribution in [3.8, 4) is 23.0 Å². The van der Waals surface area contributed by atoms with Crippen molar-refractivity contribution < 1.29 is 38.0 Å². The molecule has 1 atom stereocenters. The normalized spacial score (nSPS) is 14.5. The van der Waals surface area contributed by atoms with Crippen molar-refractivity contribution in [3.63, 3.8) is 0 Å². The van der Waals surface area contributed by atoms with Gasteiger partial charge in [0, 0.05) is 5.56 Å². The summed E-state index contributed by atoms with van der Waals surface area (Å²) >= 11 is 1.19. The minimum atomic E-state index is -0.873. The van der Waals surface area contributed by atoms with E-state index in [4.69, 9.17) is 28.4 Å². The molecule has 43 heavy (non-hydrogen) atoms. The molecule has 0 fully saturated rings. The number of fused-ring (bicyclic) bond motifs is 1. The van der Waals surface area contributed by atoms with Gasteiger partial charge >= 0.3 is 11.9 Å². The molecule has 0 saturated carbocycles. The summed E-state index contributed by atoms with van der Waals surface area (Å²) in [6.07, 6.45) is 1.71. The van der Waals surface area contributed by atoms with Crippen LogP contribution in [-0.4, -0.2) is 57.2 Å². The number of carbonyl (C=O) groups is 2. The Morgan fingerprint density at radius 1 is 0.953 bits per heavy atom. The molecule has 1 aliphatic heterocycles. The summed E-state index contributed by atoms with van der Waals surface area (Å²) in [6.45, 7) is 7.48. The van der Waals surface area contributed by atoms with E-state index >= 15 is 0 Å². The molecule has 228 valence electrons. The third-order valence-corrected chi connectivity index (χ3v) is 7.45. The number of carbonyl (C=O) groups excluding carboxylic acids is 2. The number of methoxy groups -OCH3 is 2. The number of esters is 2. The van der Waals surface area contributed by atoms with Crippen molar-refractivity contribution in [2.75, 3.05) is 40.6 Å². The van der Waals surface area contributed by atoms with E-state index in [1.165, 1.54) is 30.1 Å². The van der Waals surface area contributed by atoms with Gasteiger partial charge in [-0.25, -0.2) is 14.6 Å². The molecule has 0 amide bonds. The van der Waals surface area contributed by atoms with Gasteiger partial charge in [-0.3, -0.25) is 9.36 Å². The first-order chi connectivity index (χ1) is 20.8. The molecular weight excluding hydrogens is 576 g/mol. The highest BCUT2D eigenvalue weighted by molar-refractivity contribution is 7.07. The van der Waals surface area contributed by atoms with Gasteiger partial charge in [-0.1, -0.05) is 29.5 Å². The third-order valence-electron chi connectivity index (χ3n) is 6.47. The third kappa shape index (κ3) is 6.59. The summed E-state index contributed by atoms with van der Waals surface area (Å²) in [4.78, 5) is 44.1. The van der Waals surface area contributed by atoms with Gasteiger partial charge in [-0.05, 0) is 57.5 Å². The lowest BCUT2D eigenvalue weighted by molar-refractivity contribution is -0.145. The summed E-state index contributed by atoms with van der Waals surface area (Å²) in [5.74, 6) is 0.553. The molecule has 0 bridgehead atoms. The van der Waals surface area contributed by atoms with Crippen LogP contribution in [0.5, 0.6) is 23.0 Å². The molecule has 12 heteroatoms. The molecular formula is C31H34N2O9S. The number of nitrogens with zero attached hydrogens (tertiary/aromatic N) is 2. The molecule has 0 radical (unpaired) electrons. The number of hydrogen-bond acceptors (Lipinski definition) is 11. The van der Waals surface area contributed by atoms with Gasteiger partial charge in [0.2, 0.25) is 0 Å². The minimum absolute atomic E-state index is 0.157. The fourth-order valence-corrected chi connectivity index (χ4v) is 5.72. The lowest BCUT2D eigenvalue weighted by Gasteiger charge is -2.26. The van der Waals surface area contributed by atoms with Crippen LogP contribution in [0.3, 0.4) is 0 Å². The molecule has 0 unspecified atom stereocenters. The Balaban J connectivity index is 1.86. The number of rotatable bonds is 12. The van der Waals surface area contributed by atoms with Crippen molar-refractivity contribution in [3.05, 3.63) is 78.5 Å². The number of ether oxygens (including phenoxy) is 6. The fraction of sp³-hybridized carbons (Fsp3) is 0.355. The van der Waals surface area contributed by atoms with Gasteiger partial charge in [-0.15, -0.1) is 0 Å². The van der Waals surface area contributed by atoms with Crippen molar-refractivity contribution >= 4 is 29.4 Å². The number of aromatic nitrogens is 1. The number of benzene rings is 2. The van der Waals surface area contributed by atoms with E-state index in [-0.39, 0.29) is 31.0 Å². The van der Waals surface area contributed by atoms with Crippen LogP contribution >= 0.6 is 11.3 Å². The second kappa shape index (κ2) is 14.1. The van der Waals surface area contributed by atoms with E-state index in [0.717, 1.165) is 0 Å². The lowest BCUT2D eigenvalue weighted by Crippen LogP contribution is -2.40. The highest BCUT2D eigenvalue weighted by atomic mass is 32.1. The fourth-order valence-electron chi connectivity index (χ4n) is 4.68. The predicted octanol–water partition coefficient (Wildman–Crippen LogP) is 3.16. The zero-order valence-electron chi connectivity index (χ0n) is 24.9. The first kappa shape index (κ1) is 31.4. The predicted molar refractivity (Wildman–Crippen MR) is 160 cm³/mol. The summed E-state index contributed by atoms with van der Waals surface area (Å²) in [5.41, 5.74) is 1.54. The molecule has 1 aliphatic rings. The molecule has 11 nitrogen and oxygen atoms in total. The Bertz CT molecular complexity index is 1720. The van der Waals surface area contributed by atoms with E-state index in [1.54, 1.807) is 63.2 Å². The van der Waals surface area contributed by atoms with Gasteiger partial charge in [0.1, 0.15) is 6.04 Å². The van der Waals surface area contributed by atoms with Crippen molar-refractivity contribution in [2.24, 2.45) is 4.99 Å². The van der Waals surface area contributed by atoms with Crippen molar-refractivity contribution in [1.29, 1.82) is 0 Å². The Kier molecular flexibility index (Phi) is 10.3. The second-order valence-electron chi connectivity index (χ2n) is 9.12. The molecule has 0 saturated heterocycles. The van der Waals surface area contributed by atoms with E-state index in [0.29, 0.717) is 55.8 Å². The van der Waals surface area contributed by atoms with Gasteiger partial charge < -0.3 is 28.4 Å². The van der Waals surface area contributed by atoms with E-state index in [2.05, 4.69) is 4.99 Å². The van der Waals surface area contributed by atoms with Gasteiger partial charge in [0.15, 0.2) is 34.4 Å². The Morgan fingerprint density at radius 3 is 2.37 bits per heavy atom. The summed E-state index contributed by atoms with van der Waals surface area (Å²) in [7, 11) is 3.01. The van der Waals surface area contributed by atoms with E-state index in [9.17, 15) is 14.4 Å². The number of hydrogen-bond donors (Lipinski definition) is 0. The zero-order valence-corrected chi connectivity index (χ0v) is 25.7. The maximum atomic E-state index is 14.0. The summed E-state index contributed by atoms with van der Waals surface area (Å²) in [6, 6.07) is 9.55. The second-order valence-corrected chi connectivity index (χ2v) is 10.1. The van der Waals surface area contributed by atoms with Crippen molar-refractivity contribution in [2.45, 2.75) is 33.7 Å². The maximum absolute atomic E-state index is 14.0. The topological polar surface area (TPSA) is 124 Å². The minimum Gasteiger partial charge on any atom is -0.493 e. The van der Waals surface area contributed by atoms with Crippen LogP contribution in [-0.2, 0) is 19.1 Å². The standard InChI is InChI=1S/C31H34N2O9S/c1-7-39-25(34)17-42-21-14-13-19(15-23(21)38-6)16-24-29(35)33-27(20-11-10-12-22(37-5)28(20)40-8-2)26(30(36)41-9-3)18(4)32-31(33)43-24/h10-16,27H,7-9,17H2,1-6H3/b24-16+/t27-/m1/s1. The first-order valence-corrected chi connectivity index (χ1v) is 14.5. The highest BCUT2D eigenvalue weighted by Crippen LogP contribution is 2.40. The van der Waals surface area contributed by atoms with Crippen molar-refractivity contribution in [1.82, 2.24) is 4.57 Å². The van der Waals surface area contributed by atoms with Crippen LogP contribution in [0.4, 0.5) is 0 Å². The van der Waals surface area contributed by atoms with Gasteiger partial charge in [-0.2, -0.15) is 0 Å². The van der Waals surface area contributed by atoms with Crippen LogP contribution in [0.25, 0.3) is 6.08 Å². The van der Waals surface area contributed by atoms with Crippen LogP contribution in [0.15, 0.2) is 57.5 Å². The Morgan fingerprint density at radius 2 is 1.70 bits per heavy atom. The summed E-state index contributed by atoms with van der Waals surface area (Å²) < 4.78 is 34.7. The zero-order chi connectivity index (χ0) is 31.1. The molecule has 4 rings (SSSR count). The van der Waals surface area contributed by atoms with Gasteiger partial charge in [0.25, 0.3) is 5.56 Å². The molecule has 3 aromatic rings. The van der Waals surface area contributed by atoms with Gasteiger partial charge in [0.05, 0.1) is 49.8 Å². The lowest BCUT2D eigenvalue weighted by atomic mass is 9.94. The molecule has 0 N–H and O–H groups in total. The molecule has 0 aliphatic carbocycles. The monoisotopic (exact) mass is 610 g/mol. The largest absolute Gasteiger partial charge is 0.493 e. The average molecular weight is 611 g/mol. The molecule has 0 spiro atoms. The quantitative estimate of drug-likeness (QED) is 0.285. The Hall–Kier alpha value is -4.58. The van der Waals surface area contributed by atoms with Crippen LogP contribution in [0.2, 0.25) is 0 Å². The number of allylic oxidation sites excluding steroid dienone is 1. The maximum Gasteiger partial charge on any atom is 0.344 e. The molecule has 2 aromatic carbocycles. The number of para-hydroxylation sites is 1. The van der Waals surface area contributed by atoms with Crippen LogP contribution in [0.1, 0.15) is 44.9 Å². The average Bonchev–Trinajstić information content (AvgIpc) is 3.29. The first-order valence-electron chi connectivity index (χ1n) is 13.7. The van der Waals surface area contributed by atoms with Crippen LogP contribution < -0.4 is 33.8 Å². The summed E-state index contributed by atoms with van der Waals surface area (Å²) in [5, 5.41) is 0.